The van der Waals surface area contributed by atoms with E-state index in [1.165, 1.54) is 17.9 Å². The van der Waals surface area contributed by atoms with Gasteiger partial charge in [0.15, 0.2) is 5.69 Å². The average molecular weight is 359 g/mol. The summed E-state index contributed by atoms with van der Waals surface area (Å²) in [6.45, 7) is 3.65. The number of carbonyl (C=O) groups is 2. The van der Waals surface area contributed by atoms with Crippen LogP contribution in [0.5, 0.6) is 0 Å². The number of hydrogen-bond donors (Lipinski definition) is 1. The summed E-state index contributed by atoms with van der Waals surface area (Å²) in [6.07, 6.45) is 2.32. The van der Waals surface area contributed by atoms with Gasteiger partial charge >= 0.3 is 5.97 Å². The van der Waals surface area contributed by atoms with Gasteiger partial charge < -0.3 is 10.1 Å². The van der Waals surface area contributed by atoms with Gasteiger partial charge in [-0.05, 0) is 37.3 Å². The number of fused-ring (bicyclic) bond motifs is 1. The first-order valence-electron chi connectivity index (χ1n) is 8.68. The highest BCUT2D eigenvalue weighted by atomic mass is 19.1. The number of ether oxygens (including phenoxy) is 1. The van der Waals surface area contributed by atoms with Gasteiger partial charge in [0.25, 0.3) is 5.91 Å². The maximum atomic E-state index is 14.2. The van der Waals surface area contributed by atoms with E-state index in [-0.39, 0.29) is 11.6 Å². The van der Waals surface area contributed by atoms with Gasteiger partial charge in [0.1, 0.15) is 17.5 Å². The van der Waals surface area contributed by atoms with E-state index < -0.39 is 23.7 Å². The number of carbonyl (C=O) groups excluding carboxylic acids is 2. The second kappa shape index (κ2) is 7.27. The third-order valence-electron chi connectivity index (χ3n) is 4.63. The van der Waals surface area contributed by atoms with E-state index in [2.05, 4.69) is 10.4 Å². The van der Waals surface area contributed by atoms with Gasteiger partial charge in [-0.2, -0.15) is 5.10 Å². The van der Waals surface area contributed by atoms with E-state index >= 15 is 0 Å². The summed E-state index contributed by atoms with van der Waals surface area (Å²) in [5.74, 6) is -1.47. The van der Waals surface area contributed by atoms with E-state index in [1.807, 2.05) is 13.8 Å². The molecule has 1 atom stereocenters. The summed E-state index contributed by atoms with van der Waals surface area (Å²) in [6, 6.07) is 5.58. The van der Waals surface area contributed by atoms with Crippen LogP contribution in [0.3, 0.4) is 0 Å². The Morgan fingerprint density at radius 2 is 2.00 bits per heavy atom. The second-order valence-corrected chi connectivity index (χ2v) is 6.71. The summed E-state index contributed by atoms with van der Waals surface area (Å²) in [4.78, 5) is 24.7. The van der Waals surface area contributed by atoms with Gasteiger partial charge in [-0.25, -0.2) is 13.9 Å². The molecule has 0 aliphatic heterocycles. The van der Waals surface area contributed by atoms with Crippen molar-refractivity contribution in [3.8, 4) is 5.69 Å². The van der Waals surface area contributed by atoms with Crippen molar-refractivity contribution in [2.75, 3.05) is 7.11 Å². The van der Waals surface area contributed by atoms with Crippen molar-refractivity contribution >= 4 is 11.9 Å². The molecule has 1 amide bonds. The third-order valence-corrected chi connectivity index (χ3v) is 4.63. The highest BCUT2D eigenvalue weighted by Gasteiger charge is 2.31. The fourth-order valence-electron chi connectivity index (χ4n) is 3.28. The molecule has 2 aromatic rings. The SMILES string of the molecule is COC(=O)C(NC(=O)c1nn(-c2ccccc2F)c2c1CCC2)C(C)C. The number of nitrogens with zero attached hydrogens (tertiary/aromatic N) is 2. The van der Waals surface area contributed by atoms with Crippen molar-refractivity contribution < 1.29 is 18.7 Å². The molecule has 0 radical (unpaired) electrons. The van der Waals surface area contributed by atoms with Gasteiger partial charge in [-0.1, -0.05) is 26.0 Å². The number of hydrogen-bond acceptors (Lipinski definition) is 4. The fraction of sp³-hybridized carbons (Fsp3) is 0.421. The molecule has 6 nitrogen and oxygen atoms in total. The van der Waals surface area contributed by atoms with Crippen LogP contribution in [0, 0.1) is 11.7 Å². The van der Waals surface area contributed by atoms with Crippen molar-refractivity contribution in [2.24, 2.45) is 5.92 Å². The zero-order valence-electron chi connectivity index (χ0n) is 15.1. The lowest BCUT2D eigenvalue weighted by Crippen LogP contribution is -2.45. The molecule has 0 bridgehead atoms. The third kappa shape index (κ3) is 3.21. The highest BCUT2D eigenvalue weighted by Crippen LogP contribution is 2.28. The van der Waals surface area contributed by atoms with Gasteiger partial charge in [-0.3, -0.25) is 4.79 Å². The Kier molecular flexibility index (Phi) is 5.06. The lowest BCUT2D eigenvalue weighted by atomic mass is 10.0. The number of halogens is 1. The molecule has 1 unspecified atom stereocenters. The summed E-state index contributed by atoms with van der Waals surface area (Å²) in [7, 11) is 1.29. The molecule has 0 saturated heterocycles. The summed E-state index contributed by atoms with van der Waals surface area (Å²) >= 11 is 0. The van der Waals surface area contributed by atoms with E-state index in [4.69, 9.17) is 4.74 Å². The molecule has 0 fully saturated rings. The molecule has 1 aliphatic carbocycles. The normalized spacial score (nSPS) is 14.2. The predicted octanol–water partition coefficient (Wildman–Crippen LogP) is 2.43. The van der Waals surface area contributed by atoms with Crippen molar-refractivity contribution in [1.82, 2.24) is 15.1 Å². The van der Waals surface area contributed by atoms with Crippen molar-refractivity contribution in [2.45, 2.75) is 39.2 Å². The predicted molar refractivity (Wildman–Crippen MR) is 93.7 cm³/mol. The first-order valence-corrected chi connectivity index (χ1v) is 8.68. The number of rotatable bonds is 5. The molecule has 3 rings (SSSR count). The Morgan fingerprint density at radius 3 is 2.65 bits per heavy atom. The Bertz CT molecular complexity index is 845. The number of para-hydroxylation sites is 1. The first kappa shape index (κ1) is 18.1. The van der Waals surface area contributed by atoms with Crippen LogP contribution in [0.1, 0.15) is 42.0 Å². The van der Waals surface area contributed by atoms with E-state index in [9.17, 15) is 14.0 Å². The highest BCUT2D eigenvalue weighted by molar-refractivity contribution is 5.97. The topological polar surface area (TPSA) is 73.2 Å². The quantitative estimate of drug-likeness (QED) is 0.832. The van der Waals surface area contributed by atoms with Crippen LogP contribution < -0.4 is 5.32 Å². The number of aromatic nitrogens is 2. The molecule has 1 N–H and O–H groups in total. The Labute approximate surface area is 151 Å². The molecule has 26 heavy (non-hydrogen) atoms. The number of amides is 1. The molecule has 1 aliphatic rings. The van der Waals surface area contributed by atoms with Crippen LogP contribution in [0.15, 0.2) is 24.3 Å². The Balaban J connectivity index is 1.96. The largest absolute Gasteiger partial charge is 0.467 e. The minimum Gasteiger partial charge on any atom is -0.467 e. The number of esters is 1. The molecule has 1 aromatic heterocycles. The standard InChI is InChI=1S/C19H22FN3O3/c1-11(2)16(19(25)26-3)21-18(24)17-12-7-6-10-14(12)23(22-17)15-9-5-4-8-13(15)20/h4-5,8-9,11,16H,6-7,10H2,1-3H3,(H,21,24). The van der Waals surface area contributed by atoms with Gasteiger partial charge in [0.2, 0.25) is 0 Å². The van der Waals surface area contributed by atoms with Crippen LogP contribution in [-0.4, -0.2) is 34.8 Å². The van der Waals surface area contributed by atoms with E-state index in [0.717, 1.165) is 24.1 Å². The maximum absolute atomic E-state index is 14.2. The lowest BCUT2D eigenvalue weighted by Gasteiger charge is -2.19. The van der Waals surface area contributed by atoms with Crippen LogP contribution in [0.25, 0.3) is 5.69 Å². The molecule has 1 aromatic carbocycles. The van der Waals surface area contributed by atoms with Crippen molar-refractivity contribution in [3.05, 3.63) is 47.0 Å². The van der Waals surface area contributed by atoms with Crippen molar-refractivity contribution in [1.29, 1.82) is 0 Å². The smallest absolute Gasteiger partial charge is 0.328 e. The summed E-state index contributed by atoms with van der Waals surface area (Å²) in [5.41, 5.74) is 2.23. The Hall–Kier alpha value is -2.70. The fourth-order valence-corrected chi connectivity index (χ4v) is 3.28. The molecule has 7 heteroatoms. The minimum absolute atomic E-state index is 0.131. The van der Waals surface area contributed by atoms with Crippen LogP contribution in [0.2, 0.25) is 0 Å². The van der Waals surface area contributed by atoms with Crippen LogP contribution >= 0.6 is 0 Å². The minimum atomic E-state index is -0.761. The zero-order chi connectivity index (χ0) is 18.8. The van der Waals surface area contributed by atoms with Gasteiger partial charge in [0.05, 0.1) is 7.11 Å². The molecular formula is C19H22FN3O3. The number of methoxy groups -OCH3 is 1. The van der Waals surface area contributed by atoms with E-state index in [1.54, 1.807) is 18.2 Å². The number of nitrogens with one attached hydrogen (secondary N) is 1. The monoisotopic (exact) mass is 359 g/mol. The Morgan fingerprint density at radius 1 is 1.27 bits per heavy atom. The molecular weight excluding hydrogens is 337 g/mol. The maximum Gasteiger partial charge on any atom is 0.328 e. The zero-order valence-corrected chi connectivity index (χ0v) is 15.1. The average Bonchev–Trinajstić information content (AvgIpc) is 3.21. The summed E-state index contributed by atoms with van der Waals surface area (Å²) < 4.78 is 20.5. The first-order chi connectivity index (χ1) is 12.4. The molecule has 138 valence electrons. The van der Waals surface area contributed by atoms with Crippen LogP contribution in [-0.2, 0) is 22.4 Å². The molecule has 1 heterocycles. The van der Waals surface area contributed by atoms with E-state index in [0.29, 0.717) is 12.1 Å². The summed E-state index contributed by atoms with van der Waals surface area (Å²) in [5, 5.41) is 7.08. The second-order valence-electron chi connectivity index (χ2n) is 6.71. The van der Waals surface area contributed by atoms with Crippen molar-refractivity contribution in [3.63, 3.8) is 0 Å². The molecule has 0 spiro atoms. The van der Waals surface area contributed by atoms with Gasteiger partial charge in [-0.15, -0.1) is 0 Å². The molecule has 0 saturated carbocycles. The lowest BCUT2D eigenvalue weighted by molar-refractivity contribution is -0.144. The van der Waals surface area contributed by atoms with Gasteiger partial charge in [0, 0.05) is 11.3 Å². The van der Waals surface area contributed by atoms with Crippen LogP contribution in [0.4, 0.5) is 4.39 Å². The number of benzene rings is 1.